The first kappa shape index (κ1) is 13.8. The van der Waals surface area contributed by atoms with Gasteiger partial charge in [-0.3, -0.25) is 4.98 Å². The molecule has 1 atom stereocenters. The molecule has 1 aliphatic rings. The second-order valence-corrected chi connectivity index (χ2v) is 5.41. The molecule has 5 heteroatoms. The van der Waals surface area contributed by atoms with Crippen LogP contribution in [0.25, 0.3) is 10.9 Å². The van der Waals surface area contributed by atoms with E-state index in [0.717, 1.165) is 23.0 Å². The molecule has 3 heterocycles. The van der Waals surface area contributed by atoms with Crippen LogP contribution in [0.1, 0.15) is 34.6 Å². The molecule has 0 N–H and O–H groups in total. The lowest BCUT2D eigenvalue weighted by Gasteiger charge is -2.13. The summed E-state index contributed by atoms with van der Waals surface area (Å²) in [5.41, 5.74) is 3.08. The number of aryl methyl sites for hydroxylation is 1. The molecule has 1 aliphatic heterocycles. The topological polar surface area (TPSA) is 53.4 Å². The van der Waals surface area contributed by atoms with E-state index in [2.05, 4.69) is 16.5 Å². The predicted octanol–water partition coefficient (Wildman–Crippen LogP) is 3.32. The zero-order chi connectivity index (χ0) is 16.0. The Bertz CT molecular complexity index is 914. The Kier molecular flexibility index (Phi) is 3.08. The first-order valence-electron chi connectivity index (χ1n) is 7.57. The quantitative estimate of drug-likeness (QED) is 0.696. The Morgan fingerprint density at radius 2 is 2.09 bits per heavy atom. The van der Waals surface area contributed by atoms with Crippen molar-refractivity contribution in [1.82, 2.24) is 9.55 Å². The van der Waals surface area contributed by atoms with Crippen molar-refractivity contribution in [2.24, 2.45) is 0 Å². The minimum absolute atomic E-state index is 0.339. The molecule has 3 aromatic rings. The van der Waals surface area contributed by atoms with Crippen molar-refractivity contribution < 1.29 is 14.3 Å². The van der Waals surface area contributed by atoms with E-state index in [9.17, 15) is 4.79 Å². The maximum absolute atomic E-state index is 12.2. The highest BCUT2D eigenvalue weighted by Crippen LogP contribution is 2.44. The van der Waals surface area contributed by atoms with Crippen LogP contribution in [0, 0.1) is 0 Å². The van der Waals surface area contributed by atoms with Gasteiger partial charge in [0.05, 0.1) is 23.8 Å². The van der Waals surface area contributed by atoms with Crippen LogP contribution in [0.5, 0.6) is 5.88 Å². The zero-order valence-electron chi connectivity index (χ0n) is 12.9. The van der Waals surface area contributed by atoms with Crippen molar-refractivity contribution in [2.45, 2.75) is 19.6 Å². The summed E-state index contributed by atoms with van der Waals surface area (Å²) in [4.78, 5) is 16.5. The van der Waals surface area contributed by atoms with Crippen LogP contribution in [0.4, 0.5) is 0 Å². The molecule has 0 spiro atoms. The minimum Gasteiger partial charge on any atom is -0.482 e. The molecule has 5 nitrogen and oxygen atoms in total. The number of carbonyl (C=O) groups excluding carboxylic acids is 1. The number of nitrogens with zero attached hydrogens (tertiary/aromatic N) is 2. The van der Waals surface area contributed by atoms with Gasteiger partial charge in [-0.05, 0) is 25.1 Å². The molecule has 116 valence electrons. The Morgan fingerprint density at radius 1 is 1.26 bits per heavy atom. The number of cyclic esters (lactones) is 1. The number of methoxy groups -OCH3 is 1. The van der Waals surface area contributed by atoms with E-state index < -0.39 is 6.10 Å². The molecule has 1 unspecified atom stereocenters. The van der Waals surface area contributed by atoms with E-state index in [4.69, 9.17) is 9.47 Å². The summed E-state index contributed by atoms with van der Waals surface area (Å²) < 4.78 is 13.4. The second-order valence-electron chi connectivity index (χ2n) is 5.41. The number of benzene rings is 1. The highest BCUT2D eigenvalue weighted by atomic mass is 16.6. The van der Waals surface area contributed by atoms with Crippen molar-refractivity contribution in [2.75, 3.05) is 7.11 Å². The van der Waals surface area contributed by atoms with Gasteiger partial charge in [-0.2, -0.15) is 0 Å². The van der Waals surface area contributed by atoms with Crippen molar-refractivity contribution in [3.8, 4) is 5.88 Å². The molecule has 0 bridgehead atoms. The monoisotopic (exact) mass is 308 g/mol. The predicted molar refractivity (Wildman–Crippen MR) is 85.7 cm³/mol. The Morgan fingerprint density at radius 3 is 2.87 bits per heavy atom. The molecule has 0 aliphatic carbocycles. The maximum atomic E-state index is 12.2. The zero-order valence-corrected chi connectivity index (χ0v) is 12.9. The number of ether oxygens (including phenoxy) is 2. The van der Waals surface area contributed by atoms with Crippen molar-refractivity contribution in [1.29, 1.82) is 0 Å². The molecule has 1 aromatic carbocycles. The van der Waals surface area contributed by atoms with Crippen LogP contribution < -0.4 is 4.74 Å². The standard InChI is InChI=1S/C18H16N2O3/c1-3-20-13-9-5-4-7-11(13)14(17(20)22-2)16-15-12(18(21)23-16)8-6-10-19-15/h4-10,16H,3H2,1-2H3. The fraction of sp³-hybridized carbons (Fsp3) is 0.222. The van der Waals surface area contributed by atoms with Gasteiger partial charge in [0.25, 0.3) is 0 Å². The first-order valence-corrected chi connectivity index (χ1v) is 7.57. The average molecular weight is 308 g/mol. The summed E-state index contributed by atoms with van der Waals surface area (Å²) in [7, 11) is 1.64. The largest absolute Gasteiger partial charge is 0.482 e. The normalized spacial score (nSPS) is 16.4. The maximum Gasteiger partial charge on any atom is 0.341 e. The smallest absolute Gasteiger partial charge is 0.341 e. The highest BCUT2D eigenvalue weighted by molar-refractivity contribution is 5.96. The van der Waals surface area contributed by atoms with E-state index in [1.807, 2.05) is 24.3 Å². The second kappa shape index (κ2) is 5.12. The molecule has 0 saturated carbocycles. The summed E-state index contributed by atoms with van der Waals surface area (Å²) in [6, 6.07) is 11.5. The number of aromatic nitrogens is 2. The lowest BCUT2D eigenvalue weighted by molar-refractivity contribution is 0.0451. The van der Waals surface area contributed by atoms with Gasteiger partial charge in [0.2, 0.25) is 5.88 Å². The molecule has 2 aromatic heterocycles. The molecule has 0 fully saturated rings. The molecule has 4 rings (SSSR count). The van der Waals surface area contributed by atoms with Crippen LogP contribution in [0.15, 0.2) is 42.6 Å². The lowest BCUT2D eigenvalue weighted by atomic mass is 10.0. The lowest BCUT2D eigenvalue weighted by Crippen LogP contribution is -2.05. The van der Waals surface area contributed by atoms with Crippen LogP contribution in [0.3, 0.4) is 0 Å². The van der Waals surface area contributed by atoms with Crippen molar-refractivity contribution >= 4 is 16.9 Å². The van der Waals surface area contributed by atoms with Gasteiger partial charge in [-0.15, -0.1) is 0 Å². The van der Waals surface area contributed by atoms with E-state index >= 15 is 0 Å². The molecule has 23 heavy (non-hydrogen) atoms. The van der Waals surface area contributed by atoms with Gasteiger partial charge in [0.15, 0.2) is 6.10 Å². The first-order chi connectivity index (χ1) is 11.3. The van der Waals surface area contributed by atoms with E-state index in [1.165, 1.54) is 0 Å². The molecule has 0 amide bonds. The highest BCUT2D eigenvalue weighted by Gasteiger charge is 2.38. The number of pyridine rings is 1. The molecular weight excluding hydrogens is 292 g/mol. The fourth-order valence-electron chi connectivity index (χ4n) is 3.32. The van der Waals surface area contributed by atoms with Gasteiger partial charge >= 0.3 is 5.97 Å². The van der Waals surface area contributed by atoms with E-state index in [0.29, 0.717) is 17.1 Å². The Balaban J connectivity index is 2.02. The number of fused-ring (bicyclic) bond motifs is 2. The van der Waals surface area contributed by atoms with Gasteiger partial charge in [0, 0.05) is 18.1 Å². The summed E-state index contributed by atoms with van der Waals surface area (Å²) in [6.07, 6.45) is 1.14. The number of hydrogen-bond donors (Lipinski definition) is 0. The number of esters is 1. The number of carbonyl (C=O) groups is 1. The number of para-hydroxylation sites is 1. The summed E-state index contributed by atoms with van der Waals surface area (Å²) in [5.74, 6) is 0.374. The van der Waals surface area contributed by atoms with Crippen LogP contribution in [-0.2, 0) is 11.3 Å². The minimum atomic E-state index is -0.536. The van der Waals surface area contributed by atoms with Crippen molar-refractivity contribution in [3.63, 3.8) is 0 Å². The number of rotatable bonds is 3. The molecular formula is C18H16N2O3. The van der Waals surface area contributed by atoms with Gasteiger partial charge < -0.3 is 14.0 Å². The third kappa shape index (κ3) is 1.86. The van der Waals surface area contributed by atoms with E-state index in [-0.39, 0.29) is 5.97 Å². The average Bonchev–Trinajstić information content (AvgIpc) is 3.09. The summed E-state index contributed by atoms with van der Waals surface area (Å²) >= 11 is 0. The number of hydrogen-bond acceptors (Lipinski definition) is 4. The summed E-state index contributed by atoms with van der Waals surface area (Å²) in [6.45, 7) is 2.82. The summed E-state index contributed by atoms with van der Waals surface area (Å²) in [5, 5.41) is 1.02. The van der Waals surface area contributed by atoms with Gasteiger partial charge in [0.1, 0.15) is 5.69 Å². The van der Waals surface area contributed by atoms with Gasteiger partial charge in [-0.1, -0.05) is 18.2 Å². The van der Waals surface area contributed by atoms with Crippen LogP contribution in [0.2, 0.25) is 0 Å². The third-order valence-corrected chi connectivity index (χ3v) is 4.26. The molecule has 0 radical (unpaired) electrons. The van der Waals surface area contributed by atoms with E-state index in [1.54, 1.807) is 25.4 Å². The Labute approximate surface area is 133 Å². The third-order valence-electron chi connectivity index (χ3n) is 4.26. The Hall–Kier alpha value is -2.82. The van der Waals surface area contributed by atoms with Crippen molar-refractivity contribution in [3.05, 3.63) is 59.4 Å². The van der Waals surface area contributed by atoms with Gasteiger partial charge in [-0.25, -0.2) is 4.79 Å². The van der Waals surface area contributed by atoms with Crippen LogP contribution >= 0.6 is 0 Å². The van der Waals surface area contributed by atoms with Crippen LogP contribution in [-0.4, -0.2) is 22.6 Å². The fourth-order valence-corrected chi connectivity index (χ4v) is 3.32. The molecule has 0 saturated heterocycles. The SMILES string of the molecule is CCn1c(OC)c(C2OC(=O)c3cccnc32)c2ccccc21.